The van der Waals surface area contributed by atoms with Gasteiger partial charge in [-0.25, -0.2) is 0 Å². The highest BCUT2D eigenvalue weighted by Crippen LogP contribution is 2.10. The zero-order valence-electron chi connectivity index (χ0n) is 17.8. The summed E-state index contributed by atoms with van der Waals surface area (Å²) in [5.74, 6) is 2.39. The second-order valence-corrected chi connectivity index (χ2v) is 7.02. The lowest BCUT2D eigenvalue weighted by atomic mass is 10.1. The largest absolute Gasteiger partial charge is 0.357 e. The summed E-state index contributed by atoms with van der Waals surface area (Å²) in [4.78, 5) is 20.7. The summed E-state index contributed by atoms with van der Waals surface area (Å²) >= 11 is 0. The Hall–Kier alpha value is -2.90. The molecule has 0 radical (unpaired) electrons. The lowest BCUT2D eigenvalue weighted by Crippen LogP contribution is -2.38. The van der Waals surface area contributed by atoms with Gasteiger partial charge in [0.25, 0.3) is 5.91 Å². The SMILES string of the molecule is CCNC(=NCCCc1nc(C(C)C)no1)NCCc1cccc(C(=O)NC)c1. The molecule has 8 heteroatoms. The van der Waals surface area contributed by atoms with Gasteiger partial charge in [-0.2, -0.15) is 4.98 Å². The summed E-state index contributed by atoms with van der Waals surface area (Å²) < 4.78 is 5.26. The highest BCUT2D eigenvalue weighted by atomic mass is 16.5. The summed E-state index contributed by atoms with van der Waals surface area (Å²) in [6.07, 6.45) is 2.36. The number of aryl methyl sites for hydroxylation is 1. The van der Waals surface area contributed by atoms with Crippen molar-refractivity contribution in [3.8, 4) is 0 Å². The molecule has 1 aromatic heterocycles. The first kappa shape index (κ1) is 22.4. The summed E-state index contributed by atoms with van der Waals surface area (Å²) in [5.41, 5.74) is 1.78. The van der Waals surface area contributed by atoms with Gasteiger partial charge in [-0.3, -0.25) is 9.79 Å². The lowest BCUT2D eigenvalue weighted by molar-refractivity contribution is 0.0963. The number of nitrogens with one attached hydrogen (secondary N) is 3. The van der Waals surface area contributed by atoms with Gasteiger partial charge in [0.15, 0.2) is 11.8 Å². The number of benzene rings is 1. The minimum Gasteiger partial charge on any atom is -0.357 e. The zero-order chi connectivity index (χ0) is 21.1. The Labute approximate surface area is 172 Å². The molecule has 158 valence electrons. The fourth-order valence-corrected chi connectivity index (χ4v) is 2.70. The van der Waals surface area contributed by atoms with E-state index >= 15 is 0 Å². The molecule has 2 aromatic rings. The zero-order valence-corrected chi connectivity index (χ0v) is 17.8. The van der Waals surface area contributed by atoms with Gasteiger partial charge in [0, 0.05) is 44.6 Å². The van der Waals surface area contributed by atoms with Crippen molar-refractivity contribution >= 4 is 11.9 Å². The molecule has 0 fully saturated rings. The smallest absolute Gasteiger partial charge is 0.251 e. The molecule has 0 saturated heterocycles. The third-order valence-electron chi connectivity index (χ3n) is 4.29. The van der Waals surface area contributed by atoms with Crippen LogP contribution in [0.5, 0.6) is 0 Å². The van der Waals surface area contributed by atoms with E-state index in [1.807, 2.05) is 45.0 Å². The van der Waals surface area contributed by atoms with Crippen molar-refractivity contribution in [2.24, 2.45) is 4.99 Å². The fourth-order valence-electron chi connectivity index (χ4n) is 2.70. The number of rotatable bonds is 10. The molecule has 1 heterocycles. The van der Waals surface area contributed by atoms with Gasteiger partial charge in [-0.15, -0.1) is 0 Å². The molecule has 1 aromatic carbocycles. The molecule has 0 spiro atoms. The Balaban J connectivity index is 1.79. The van der Waals surface area contributed by atoms with E-state index in [4.69, 9.17) is 4.52 Å². The highest BCUT2D eigenvalue weighted by molar-refractivity contribution is 5.94. The Morgan fingerprint density at radius 2 is 2.07 bits per heavy atom. The van der Waals surface area contributed by atoms with Gasteiger partial charge < -0.3 is 20.5 Å². The number of nitrogens with zero attached hydrogens (tertiary/aromatic N) is 3. The van der Waals surface area contributed by atoms with Crippen LogP contribution < -0.4 is 16.0 Å². The van der Waals surface area contributed by atoms with Crippen molar-refractivity contribution in [3.63, 3.8) is 0 Å². The number of carbonyl (C=O) groups is 1. The molecule has 29 heavy (non-hydrogen) atoms. The standard InChI is InChI=1S/C21H32N6O2/c1-5-23-21(24-12-7-10-18-26-19(15(2)3)27-29-18)25-13-11-16-8-6-9-17(14-16)20(28)22-4/h6,8-9,14-15H,5,7,10-13H2,1-4H3,(H,22,28)(H2,23,24,25). The van der Waals surface area contributed by atoms with Crippen LogP contribution in [0.25, 0.3) is 0 Å². The Morgan fingerprint density at radius 1 is 1.24 bits per heavy atom. The van der Waals surface area contributed by atoms with Crippen LogP contribution in [-0.4, -0.2) is 48.7 Å². The maximum atomic E-state index is 11.7. The van der Waals surface area contributed by atoms with Gasteiger partial charge in [0.2, 0.25) is 5.89 Å². The van der Waals surface area contributed by atoms with Gasteiger partial charge in [-0.1, -0.05) is 31.1 Å². The molecule has 0 aliphatic carbocycles. The summed E-state index contributed by atoms with van der Waals surface area (Å²) in [6.45, 7) is 8.31. The van der Waals surface area contributed by atoms with Crippen LogP contribution in [0, 0.1) is 0 Å². The van der Waals surface area contributed by atoms with Gasteiger partial charge in [0.05, 0.1) is 0 Å². The van der Waals surface area contributed by atoms with E-state index in [2.05, 4.69) is 31.1 Å². The summed E-state index contributed by atoms with van der Waals surface area (Å²) in [7, 11) is 1.64. The first-order valence-corrected chi connectivity index (χ1v) is 10.2. The van der Waals surface area contributed by atoms with Crippen LogP contribution >= 0.6 is 0 Å². The lowest BCUT2D eigenvalue weighted by Gasteiger charge is -2.11. The average molecular weight is 401 g/mol. The van der Waals surface area contributed by atoms with E-state index in [0.717, 1.165) is 49.7 Å². The fraction of sp³-hybridized carbons (Fsp3) is 0.524. The van der Waals surface area contributed by atoms with Gasteiger partial charge in [0.1, 0.15) is 0 Å². The number of carbonyl (C=O) groups excluding carboxylic acids is 1. The highest BCUT2D eigenvalue weighted by Gasteiger charge is 2.09. The summed E-state index contributed by atoms with van der Waals surface area (Å²) in [6, 6.07) is 7.66. The first-order chi connectivity index (χ1) is 14.0. The Kier molecular flexibility index (Phi) is 9.14. The van der Waals surface area contributed by atoms with Crippen LogP contribution in [0.3, 0.4) is 0 Å². The molecular formula is C21H32N6O2. The quantitative estimate of drug-likeness (QED) is 0.321. The predicted molar refractivity (Wildman–Crippen MR) is 114 cm³/mol. The molecule has 2 rings (SSSR count). The van der Waals surface area contributed by atoms with Crippen LogP contribution in [0.1, 0.15) is 60.7 Å². The van der Waals surface area contributed by atoms with E-state index in [1.165, 1.54) is 0 Å². The number of amides is 1. The molecule has 1 amide bonds. The Bertz CT molecular complexity index is 800. The minimum atomic E-state index is -0.0727. The van der Waals surface area contributed by atoms with Gasteiger partial charge in [-0.05, 0) is 37.5 Å². The molecule has 0 unspecified atom stereocenters. The topological polar surface area (TPSA) is 104 Å². The van der Waals surface area contributed by atoms with Crippen molar-refractivity contribution in [2.45, 2.75) is 46.0 Å². The molecule has 0 aliphatic heterocycles. The third kappa shape index (κ3) is 7.56. The van der Waals surface area contributed by atoms with Crippen LogP contribution in [0.4, 0.5) is 0 Å². The molecular weight excluding hydrogens is 368 g/mol. The molecule has 0 aliphatic rings. The number of aromatic nitrogens is 2. The van der Waals surface area contributed by atoms with Crippen molar-refractivity contribution < 1.29 is 9.32 Å². The third-order valence-corrected chi connectivity index (χ3v) is 4.29. The molecule has 0 atom stereocenters. The van der Waals surface area contributed by atoms with Crippen molar-refractivity contribution in [1.29, 1.82) is 0 Å². The number of hydrogen-bond donors (Lipinski definition) is 3. The average Bonchev–Trinajstić information content (AvgIpc) is 3.20. The Morgan fingerprint density at radius 3 is 2.76 bits per heavy atom. The normalized spacial score (nSPS) is 11.6. The number of guanidine groups is 1. The van der Waals surface area contributed by atoms with E-state index in [0.29, 0.717) is 18.0 Å². The molecule has 8 nitrogen and oxygen atoms in total. The van der Waals surface area contributed by atoms with Crippen LogP contribution in [0.15, 0.2) is 33.8 Å². The van der Waals surface area contributed by atoms with Gasteiger partial charge >= 0.3 is 0 Å². The van der Waals surface area contributed by atoms with E-state index < -0.39 is 0 Å². The van der Waals surface area contributed by atoms with E-state index in [-0.39, 0.29) is 11.8 Å². The second kappa shape index (κ2) is 11.8. The monoisotopic (exact) mass is 400 g/mol. The minimum absolute atomic E-state index is 0.0727. The van der Waals surface area contributed by atoms with Crippen molar-refractivity contribution in [2.75, 3.05) is 26.7 Å². The molecule has 3 N–H and O–H groups in total. The number of hydrogen-bond acceptors (Lipinski definition) is 5. The molecule has 0 bridgehead atoms. The van der Waals surface area contributed by atoms with E-state index in [1.54, 1.807) is 7.05 Å². The van der Waals surface area contributed by atoms with Crippen LogP contribution in [0.2, 0.25) is 0 Å². The maximum absolute atomic E-state index is 11.7. The second-order valence-electron chi connectivity index (χ2n) is 7.02. The maximum Gasteiger partial charge on any atom is 0.251 e. The van der Waals surface area contributed by atoms with Crippen molar-refractivity contribution in [3.05, 3.63) is 47.1 Å². The number of aliphatic imine (C=N–C) groups is 1. The van der Waals surface area contributed by atoms with E-state index in [9.17, 15) is 4.79 Å². The summed E-state index contributed by atoms with van der Waals surface area (Å²) in [5, 5.41) is 13.2. The van der Waals surface area contributed by atoms with Crippen molar-refractivity contribution in [1.82, 2.24) is 26.1 Å². The first-order valence-electron chi connectivity index (χ1n) is 10.2. The molecule has 0 saturated carbocycles. The van der Waals surface area contributed by atoms with Crippen LogP contribution in [-0.2, 0) is 12.8 Å². The predicted octanol–water partition coefficient (Wildman–Crippen LogP) is 2.28.